The second-order valence-corrected chi connectivity index (χ2v) is 8.14. The molecular weight excluding hydrogens is 280 g/mol. The van der Waals surface area contributed by atoms with Crippen molar-refractivity contribution in [3.63, 3.8) is 0 Å². The van der Waals surface area contributed by atoms with E-state index in [1.807, 2.05) is 20.8 Å². The number of carbonyl (C=O) groups excluding carboxylic acids is 1. The lowest BCUT2D eigenvalue weighted by molar-refractivity contribution is 0.0505. The van der Waals surface area contributed by atoms with Crippen LogP contribution in [0, 0.1) is 5.41 Å². The molecule has 5 heteroatoms. The summed E-state index contributed by atoms with van der Waals surface area (Å²) in [6.45, 7) is 11.9. The Morgan fingerprint density at radius 3 is 2.36 bits per heavy atom. The number of nitrogens with one attached hydrogen (secondary N) is 2. The third-order valence-corrected chi connectivity index (χ3v) is 4.01. The number of hydrogen-bond donors (Lipinski definition) is 2. The number of carbonyl (C=O) groups is 1. The minimum Gasteiger partial charge on any atom is -0.444 e. The average molecular weight is 314 g/mol. The number of rotatable bonds is 7. The predicted molar refractivity (Wildman–Crippen MR) is 89.1 cm³/mol. The fourth-order valence-corrected chi connectivity index (χ4v) is 2.66. The molecule has 0 saturated heterocycles. The molecule has 2 unspecified atom stereocenters. The van der Waals surface area contributed by atoms with E-state index in [0.717, 1.165) is 38.8 Å². The summed E-state index contributed by atoms with van der Waals surface area (Å²) in [7, 11) is 1.74. The number of amides is 1. The van der Waals surface area contributed by atoms with E-state index in [1.54, 1.807) is 7.11 Å². The summed E-state index contributed by atoms with van der Waals surface area (Å²) in [5, 5.41) is 6.61. The molecule has 0 aliphatic heterocycles. The third kappa shape index (κ3) is 7.99. The highest BCUT2D eigenvalue weighted by Crippen LogP contribution is 2.23. The highest BCUT2D eigenvalue weighted by Gasteiger charge is 2.28. The van der Waals surface area contributed by atoms with Gasteiger partial charge in [0.15, 0.2) is 0 Å². The zero-order valence-electron chi connectivity index (χ0n) is 15.1. The highest BCUT2D eigenvalue weighted by atomic mass is 16.6. The van der Waals surface area contributed by atoms with Gasteiger partial charge in [0.25, 0.3) is 0 Å². The molecule has 0 heterocycles. The van der Waals surface area contributed by atoms with Crippen molar-refractivity contribution < 1.29 is 14.3 Å². The van der Waals surface area contributed by atoms with Gasteiger partial charge in [-0.2, -0.15) is 0 Å². The molecule has 1 aliphatic rings. The van der Waals surface area contributed by atoms with Crippen LogP contribution in [0.1, 0.15) is 60.3 Å². The normalized spacial score (nSPS) is 22.6. The monoisotopic (exact) mass is 314 g/mol. The Bertz CT molecular complexity index is 350. The Morgan fingerprint density at radius 2 is 1.77 bits per heavy atom. The first kappa shape index (κ1) is 19.2. The third-order valence-electron chi connectivity index (χ3n) is 4.01. The van der Waals surface area contributed by atoms with Crippen LogP contribution in [0.25, 0.3) is 0 Å². The van der Waals surface area contributed by atoms with Gasteiger partial charge in [0, 0.05) is 32.3 Å². The number of ether oxygens (including phenoxy) is 2. The van der Waals surface area contributed by atoms with Crippen molar-refractivity contribution in [1.82, 2.24) is 10.6 Å². The molecule has 1 amide bonds. The van der Waals surface area contributed by atoms with E-state index in [0.29, 0.717) is 6.04 Å². The van der Waals surface area contributed by atoms with Crippen molar-refractivity contribution in [2.24, 2.45) is 5.41 Å². The molecule has 0 aromatic rings. The van der Waals surface area contributed by atoms with Gasteiger partial charge in [-0.25, -0.2) is 4.79 Å². The van der Waals surface area contributed by atoms with E-state index < -0.39 is 5.60 Å². The van der Waals surface area contributed by atoms with Crippen LogP contribution in [-0.2, 0) is 9.47 Å². The van der Waals surface area contributed by atoms with Crippen molar-refractivity contribution >= 4 is 6.09 Å². The molecule has 5 nitrogen and oxygen atoms in total. The molecule has 2 atom stereocenters. The lowest BCUT2D eigenvalue weighted by Gasteiger charge is -2.27. The van der Waals surface area contributed by atoms with Gasteiger partial charge in [-0.3, -0.25) is 0 Å². The van der Waals surface area contributed by atoms with Gasteiger partial charge >= 0.3 is 6.09 Å². The summed E-state index contributed by atoms with van der Waals surface area (Å²) in [6.07, 6.45) is 3.82. The summed E-state index contributed by atoms with van der Waals surface area (Å²) in [6, 6.07) is 0.691. The molecule has 1 saturated carbocycles. The molecule has 0 spiro atoms. The number of hydrogen-bond acceptors (Lipinski definition) is 4. The van der Waals surface area contributed by atoms with Gasteiger partial charge in [-0.1, -0.05) is 13.8 Å². The van der Waals surface area contributed by atoms with Gasteiger partial charge in [0.2, 0.25) is 0 Å². The lowest BCUT2D eigenvalue weighted by Crippen LogP contribution is -2.40. The molecule has 0 bridgehead atoms. The molecule has 2 N–H and O–H groups in total. The zero-order chi connectivity index (χ0) is 16.8. The first-order valence-corrected chi connectivity index (χ1v) is 8.33. The maximum atomic E-state index is 11.8. The van der Waals surface area contributed by atoms with Gasteiger partial charge in [0.05, 0.1) is 0 Å². The Hall–Kier alpha value is -0.810. The van der Waals surface area contributed by atoms with Crippen LogP contribution in [0.3, 0.4) is 0 Å². The molecule has 1 rings (SSSR count). The average Bonchev–Trinajstić information content (AvgIpc) is 2.79. The van der Waals surface area contributed by atoms with E-state index in [1.165, 1.54) is 0 Å². The molecule has 130 valence electrons. The van der Waals surface area contributed by atoms with Gasteiger partial charge in [-0.15, -0.1) is 0 Å². The van der Waals surface area contributed by atoms with Crippen LogP contribution < -0.4 is 10.6 Å². The van der Waals surface area contributed by atoms with E-state index in [2.05, 4.69) is 24.5 Å². The first-order chi connectivity index (χ1) is 10.1. The van der Waals surface area contributed by atoms with Crippen molar-refractivity contribution in [1.29, 1.82) is 0 Å². The van der Waals surface area contributed by atoms with Crippen molar-refractivity contribution in [2.45, 2.75) is 78.0 Å². The summed E-state index contributed by atoms with van der Waals surface area (Å²) >= 11 is 0. The predicted octanol–water partition coefficient (Wildman–Crippen LogP) is 3.08. The maximum absolute atomic E-state index is 11.8. The smallest absolute Gasteiger partial charge is 0.407 e. The molecule has 0 radical (unpaired) electrons. The standard InChI is InChI=1S/C17H34N2O3/c1-16(2,3)22-15(20)19-14-8-7-13(11-14)18-12-17(4,5)9-10-21-6/h13-14,18H,7-12H2,1-6H3,(H,19,20). The summed E-state index contributed by atoms with van der Waals surface area (Å²) in [4.78, 5) is 11.8. The number of methoxy groups -OCH3 is 1. The fourth-order valence-electron chi connectivity index (χ4n) is 2.66. The van der Waals surface area contributed by atoms with Gasteiger partial charge < -0.3 is 20.1 Å². The molecule has 0 aromatic heterocycles. The topological polar surface area (TPSA) is 59.6 Å². The molecule has 1 aliphatic carbocycles. The van der Waals surface area contributed by atoms with Gasteiger partial charge in [0.1, 0.15) is 5.60 Å². The quantitative estimate of drug-likeness (QED) is 0.758. The van der Waals surface area contributed by atoms with Crippen molar-refractivity contribution in [3.8, 4) is 0 Å². The Labute approximate surface area is 135 Å². The molecule has 22 heavy (non-hydrogen) atoms. The van der Waals surface area contributed by atoms with Crippen LogP contribution >= 0.6 is 0 Å². The Morgan fingerprint density at radius 1 is 1.14 bits per heavy atom. The van der Waals surface area contributed by atoms with Crippen molar-refractivity contribution in [3.05, 3.63) is 0 Å². The minimum atomic E-state index is -0.439. The van der Waals surface area contributed by atoms with E-state index in [9.17, 15) is 4.79 Å². The minimum absolute atomic E-state index is 0.217. The fraction of sp³-hybridized carbons (Fsp3) is 0.941. The van der Waals surface area contributed by atoms with Crippen LogP contribution in [0.5, 0.6) is 0 Å². The molecule has 1 fully saturated rings. The second-order valence-electron chi connectivity index (χ2n) is 8.14. The Balaban J connectivity index is 2.27. The summed E-state index contributed by atoms with van der Waals surface area (Å²) in [5.74, 6) is 0. The zero-order valence-corrected chi connectivity index (χ0v) is 15.1. The largest absolute Gasteiger partial charge is 0.444 e. The highest BCUT2D eigenvalue weighted by molar-refractivity contribution is 5.68. The van der Waals surface area contributed by atoms with Crippen LogP contribution in [0.2, 0.25) is 0 Å². The van der Waals surface area contributed by atoms with E-state index in [4.69, 9.17) is 9.47 Å². The molecule has 0 aromatic carbocycles. The first-order valence-electron chi connectivity index (χ1n) is 8.33. The van der Waals surface area contributed by atoms with E-state index >= 15 is 0 Å². The van der Waals surface area contributed by atoms with Crippen LogP contribution in [-0.4, -0.2) is 44.0 Å². The number of alkyl carbamates (subject to hydrolysis) is 1. The van der Waals surface area contributed by atoms with Gasteiger partial charge in [-0.05, 0) is 51.9 Å². The Kier molecular flexibility index (Phi) is 7.13. The SMILES string of the molecule is COCCC(C)(C)CNC1CCC(NC(=O)OC(C)(C)C)C1. The van der Waals surface area contributed by atoms with Crippen molar-refractivity contribution in [2.75, 3.05) is 20.3 Å². The second kappa shape index (κ2) is 8.16. The summed E-state index contributed by atoms with van der Waals surface area (Å²) in [5.41, 5.74) is -0.210. The van der Waals surface area contributed by atoms with Crippen LogP contribution in [0.4, 0.5) is 4.79 Å². The maximum Gasteiger partial charge on any atom is 0.407 e. The summed E-state index contributed by atoms with van der Waals surface area (Å²) < 4.78 is 10.5. The van der Waals surface area contributed by atoms with Crippen LogP contribution in [0.15, 0.2) is 0 Å². The van der Waals surface area contributed by atoms with E-state index in [-0.39, 0.29) is 17.6 Å². The molecular formula is C17H34N2O3. The lowest BCUT2D eigenvalue weighted by atomic mass is 9.89.